The van der Waals surface area contributed by atoms with E-state index in [1.54, 1.807) is 0 Å². The third kappa shape index (κ3) is 18.4. The first-order valence-corrected chi connectivity index (χ1v) is 7.28. The minimum absolute atomic E-state index is 0.0950. The lowest BCUT2D eigenvalue weighted by atomic mass is 10.1. The Bertz CT molecular complexity index is 309. The molecule has 0 radical (unpaired) electrons. The van der Waals surface area contributed by atoms with Crippen molar-refractivity contribution in [3.05, 3.63) is 5.21 Å². The predicted octanol–water partition coefficient (Wildman–Crippen LogP) is 1.09. The van der Waals surface area contributed by atoms with Crippen LogP contribution in [0.25, 0.3) is 0 Å². The molecular weight excluding hydrogens is 274 g/mol. The molecule has 0 aromatic rings. The van der Waals surface area contributed by atoms with E-state index in [0.29, 0.717) is 6.54 Å². The number of amides is 1. The number of hydroxylamine groups is 1. The highest BCUT2D eigenvalue weighted by Crippen LogP contribution is 2.01. The van der Waals surface area contributed by atoms with Crippen LogP contribution in [-0.4, -0.2) is 48.1 Å². The molecule has 0 bridgehead atoms. The molecule has 0 saturated carbocycles. The number of rotatable bonds is 11. The topological polar surface area (TPSA) is 118 Å². The molecule has 1 atom stereocenters. The monoisotopic (exact) mass is 303 g/mol. The number of hydrogen-bond acceptors (Lipinski definition) is 4. The van der Waals surface area contributed by atoms with Gasteiger partial charge in [-0.05, 0) is 19.9 Å². The number of primary amides is 1. The average molecular weight is 303 g/mol. The van der Waals surface area contributed by atoms with E-state index in [1.807, 2.05) is 0 Å². The van der Waals surface area contributed by atoms with Gasteiger partial charge in [-0.25, -0.2) is 4.74 Å². The molecule has 0 aliphatic rings. The average Bonchev–Trinajstić information content (AvgIpc) is 2.39. The molecule has 7 nitrogen and oxygen atoms in total. The summed E-state index contributed by atoms with van der Waals surface area (Å²) < 4.78 is 0.756. The Labute approximate surface area is 126 Å². The maximum Gasteiger partial charge on any atom is 0.320 e. The summed E-state index contributed by atoms with van der Waals surface area (Å²) >= 11 is 0. The van der Waals surface area contributed by atoms with Gasteiger partial charge in [-0.15, -0.1) is 0 Å². The Morgan fingerprint density at radius 3 is 2.29 bits per heavy atom. The summed E-state index contributed by atoms with van der Waals surface area (Å²) in [4.78, 5) is 20.6. The SMILES string of the molecule is C=[N+]([O-])CCCCCCC.CN[C@@H](CCC(N)=O)C(=O)O. The largest absolute Gasteiger partial charge is 0.624 e. The van der Waals surface area contributed by atoms with Crippen molar-refractivity contribution in [2.24, 2.45) is 5.73 Å². The quantitative estimate of drug-likeness (QED) is 0.174. The fourth-order valence-corrected chi connectivity index (χ4v) is 1.57. The molecule has 0 heterocycles. The second-order valence-corrected chi connectivity index (χ2v) is 4.80. The van der Waals surface area contributed by atoms with E-state index in [-0.39, 0.29) is 12.8 Å². The molecule has 0 unspecified atom stereocenters. The minimum Gasteiger partial charge on any atom is -0.624 e. The number of carbonyl (C=O) groups is 2. The maximum atomic E-state index is 10.3. The van der Waals surface area contributed by atoms with Gasteiger partial charge in [0.15, 0.2) is 6.54 Å². The number of hydrogen-bond donors (Lipinski definition) is 3. The maximum absolute atomic E-state index is 10.3. The van der Waals surface area contributed by atoms with Gasteiger partial charge in [-0.2, -0.15) is 0 Å². The number of carboxylic acid groups (broad SMARTS) is 1. The minimum atomic E-state index is -0.964. The number of nitrogens with two attached hydrogens (primary N) is 1. The van der Waals surface area contributed by atoms with Gasteiger partial charge in [-0.3, -0.25) is 9.59 Å². The van der Waals surface area contributed by atoms with E-state index in [4.69, 9.17) is 10.8 Å². The Hall–Kier alpha value is -1.63. The van der Waals surface area contributed by atoms with Crippen molar-refractivity contribution in [3.63, 3.8) is 0 Å². The van der Waals surface area contributed by atoms with Crippen molar-refractivity contribution in [3.8, 4) is 0 Å². The summed E-state index contributed by atoms with van der Waals surface area (Å²) in [6.45, 7) is 6.00. The van der Waals surface area contributed by atoms with Crippen LogP contribution in [0.4, 0.5) is 0 Å². The number of nitrogens with zero attached hydrogens (tertiary/aromatic N) is 1. The van der Waals surface area contributed by atoms with Crippen molar-refractivity contribution >= 4 is 18.6 Å². The van der Waals surface area contributed by atoms with Gasteiger partial charge in [0.25, 0.3) is 0 Å². The molecule has 1 amide bonds. The number of unbranched alkanes of at least 4 members (excludes halogenated alkanes) is 4. The summed E-state index contributed by atoms with van der Waals surface area (Å²) in [5.41, 5.74) is 4.84. The van der Waals surface area contributed by atoms with Crippen LogP contribution in [0.2, 0.25) is 0 Å². The van der Waals surface area contributed by atoms with Gasteiger partial charge in [-0.1, -0.05) is 26.2 Å². The van der Waals surface area contributed by atoms with Crippen molar-refractivity contribution in [1.29, 1.82) is 0 Å². The second kappa shape index (κ2) is 14.8. The van der Waals surface area contributed by atoms with Gasteiger partial charge in [0.2, 0.25) is 5.91 Å². The molecular formula is C14H29N3O4. The molecule has 0 fully saturated rings. The Morgan fingerprint density at radius 1 is 1.33 bits per heavy atom. The van der Waals surface area contributed by atoms with Crippen LogP contribution in [-0.2, 0) is 9.59 Å². The zero-order valence-corrected chi connectivity index (χ0v) is 13.1. The van der Waals surface area contributed by atoms with E-state index in [9.17, 15) is 14.8 Å². The van der Waals surface area contributed by atoms with E-state index in [1.165, 1.54) is 32.7 Å². The van der Waals surface area contributed by atoms with E-state index in [0.717, 1.165) is 11.2 Å². The summed E-state index contributed by atoms with van der Waals surface area (Å²) in [6.07, 6.45) is 6.29. The Morgan fingerprint density at radius 2 is 1.90 bits per heavy atom. The summed E-state index contributed by atoms with van der Waals surface area (Å²) in [7, 11) is 1.53. The lowest BCUT2D eigenvalue weighted by Crippen LogP contribution is -2.34. The van der Waals surface area contributed by atoms with Gasteiger partial charge < -0.3 is 21.4 Å². The van der Waals surface area contributed by atoms with Crippen LogP contribution in [0.1, 0.15) is 51.9 Å². The molecule has 0 aromatic heterocycles. The van der Waals surface area contributed by atoms with Gasteiger partial charge in [0, 0.05) is 12.8 Å². The molecule has 0 spiro atoms. The third-order valence-corrected chi connectivity index (χ3v) is 2.84. The lowest BCUT2D eigenvalue weighted by Gasteiger charge is -2.08. The van der Waals surface area contributed by atoms with Crippen molar-refractivity contribution < 1.29 is 19.4 Å². The second-order valence-electron chi connectivity index (χ2n) is 4.80. The van der Waals surface area contributed by atoms with Crippen LogP contribution in [0.3, 0.4) is 0 Å². The first kappa shape index (κ1) is 21.7. The smallest absolute Gasteiger partial charge is 0.320 e. The molecule has 21 heavy (non-hydrogen) atoms. The summed E-state index contributed by atoms with van der Waals surface area (Å²) in [6, 6.07) is -0.678. The fraction of sp³-hybridized carbons (Fsp3) is 0.786. The normalized spacial score (nSPS) is 11.1. The van der Waals surface area contributed by atoms with Gasteiger partial charge in [0.1, 0.15) is 12.8 Å². The van der Waals surface area contributed by atoms with Gasteiger partial charge in [0.05, 0.1) is 0 Å². The van der Waals surface area contributed by atoms with E-state index in [2.05, 4.69) is 19.0 Å². The zero-order valence-electron chi connectivity index (χ0n) is 13.1. The molecule has 0 saturated heterocycles. The highest BCUT2D eigenvalue weighted by Gasteiger charge is 2.14. The first-order valence-electron chi connectivity index (χ1n) is 7.28. The molecule has 4 N–H and O–H groups in total. The number of carbonyl (C=O) groups excluding carboxylic acids is 1. The van der Waals surface area contributed by atoms with E-state index < -0.39 is 17.9 Å². The first-order chi connectivity index (χ1) is 9.84. The number of aliphatic carboxylic acids is 1. The molecule has 0 rings (SSSR count). The van der Waals surface area contributed by atoms with Crippen molar-refractivity contribution in [2.45, 2.75) is 57.9 Å². The molecule has 7 heteroatoms. The Kier molecular flexibility index (Phi) is 15.2. The standard InChI is InChI=1S/C8H17NO.C6H12N2O3/c1-3-4-5-6-7-8-9(2)10;1-8-4(6(10)11)2-3-5(7)9/h2-8H2,1H3;4,8H,2-3H2,1H3,(H2,7,9)(H,10,11)/t;4-/m.0/s1. The van der Waals surface area contributed by atoms with Crippen molar-refractivity contribution in [1.82, 2.24) is 5.32 Å². The van der Waals surface area contributed by atoms with Crippen LogP contribution >= 0.6 is 0 Å². The zero-order chi connectivity index (χ0) is 16.7. The van der Waals surface area contributed by atoms with Gasteiger partial charge >= 0.3 is 5.97 Å². The van der Waals surface area contributed by atoms with Crippen LogP contribution < -0.4 is 11.1 Å². The number of nitrogens with one attached hydrogen (secondary N) is 1. The van der Waals surface area contributed by atoms with Crippen molar-refractivity contribution in [2.75, 3.05) is 13.6 Å². The molecule has 124 valence electrons. The summed E-state index contributed by atoms with van der Waals surface area (Å²) in [5.74, 6) is -1.44. The van der Waals surface area contributed by atoms with Crippen LogP contribution in [0.15, 0.2) is 0 Å². The third-order valence-electron chi connectivity index (χ3n) is 2.84. The lowest BCUT2D eigenvalue weighted by molar-refractivity contribution is -0.449. The Balaban J connectivity index is 0. The fourth-order valence-electron chi connectivity index (χ4n) is 1.57. The highest BCUT2D eigenvalue weighted by atomic mass is 16.5. The van der Waals surface area contributed by atoms with E-state index >= 15 is 0 Å². The number of likely N-dealkylation sites (N-methyl/N-ethyl adjacent to an activating group) is 1. The number of carboxylic acids is 1. The predicted molar refractivity (Wildman–Crippen MR) is 83.3 cm³/mol. The highest BCUT2D eigenvalue weighted by molar-refractivity contribution is 5.77. The molecule has 0 aliphatic carbocycles. The molecule has 0 aliphatic heterocycles. The van der Waals surface area contributed by atoms with Crippen LogP contribution in [0, 0.1) is 5.21 Å². The summed E-state index contributed by atoms with van der Waals surface area (Å²) in [5, 5.41) is 21.3. The molecule has 0 aromatic carbocycles. The van der Waals surface area contributed by atoms with Crippen LogP contribution in [0.5, 0.6) is 0 Å².